The third-order valence-corrected chi connectivity index (χ3v) is 11.2. The Balaban J connectivity index is 0.000000418. The van der Waals surface area contributed by atoms with E-state index in [-0.39, 0.29) is 29.4 Å². The standard InChI is InChI=1S/C33H40N2O9.C6H10O3/c1-38-19-7-8-20-21-9-10-35-16-18-13-27(44-32(36)17-11-25(39-2)30(41-4)26(12-17)40-3)31(42-5)28(33(37)43-6)22(18)15-24(35)29(21)34-23(20)14-19;1(5-3-8-5)7-2-6-4-9-6/h7-8,11-12,14,18,22,24,27-28,31,34H,9-10,13,15-16H2,1-6H3;5-6H,1-4H2/t18-,22+,24-,27-,28+,31+;/m1./s1. The molecule has 2 aromatic carbocycles. The maximum absolute atomic E-state index is 13.5. The van der Waals surface area contributed by atoms with Gasteiger partial charge in [0, 0.05) is 42.9 Å². The molecular weight excluding hydrogens is 688 g/mol. The van der Waals surface area contributed by atoms with Gasteiger partial charge in [-0.1, -0.05) is 0 Å². The number of nitrogens with one attached hydrogen (secondary N) is 1. The number of carbonyl (C=O) groups is 2. The number of carbonyl (C=O) groups excluding carboxylic acids is 2. The Labute approximate surface area is 309 Å². The molecule has 14 heteroatoms. The van der Waals surface area contributed by atoms with Crippen LogP contribution in [0.15, 0.2) is 30.3 Å². The van der Waals surface area contributed by atoms with Crippen molar-refractivity contribution in [2.24, 2.45) is 17.8 Å². The van der Waals surface area contributed by atoms with Crippen molar-refractivity contribution in [3.05, 3.63) is 47.2 Å². The maximum atomic E-state index is 13.5. The normalized spacial score (nSPS) is 28.3. The van der Waals surface area contributed by atoms with Gasteiger partial charge < -0.3 is 52.4 Å². The van der Waals surface area contributed by atoms with Gasteiger partial charge in [0.25, 0.3) is 0 Å². The number of esters is 2. The molecule has 0 radical (unpaired) electrons. The lowest BCUT2D eigenvalue weighted by Gasteiger charge is -2.52. The molecule has 1 N–H and O–H groups in total. The number of methoxy groups -OCH3 is 6. The second-order valence-electron chi connectivity index (χ2n) is 14.1. The zero-order valence-corrected chi connectivity index (χ0v) is 31.2. The minimum absolute atomic E-state index is 0.0170. The Morgan fingerprint density at radius 3 is 2.17 bits per heavy atom. The van der Waals surface area contributed by atoms with E-state index in [1.54, 1.807) is 26.4 Å². The number of epoxide rings is 2. The summed E-state index contributed by atoms with van der Waals surface area (Å²) in [4.78, 5) is 33.1. The Hall–Kier alpha value is -4.08. The lowest BCUT2D eigenvalue weighted by atomic mass is 9.63. The van der Waals surface area contributed by atoms with Gasteiger partial charge >= 0.3 is 11.9 Å². The number of piperidine rings is 1. The fourth-order valence-electron chi connectivity index (χ4n) is 8.42. The van der Waals surface area contributed by atoms with Crippen LogP contribution in [0.4, 0.5) is 0 Å². The van der Waals surface area contributed by atoms with E-state index in [0.717, 1.165) is 63.6 Å². The Bertz CT molecular complexity index is 1730. The first-order valence-corrected chi connectivity index (χ1v) is 18.2. The van der Waals surface area contributed by atoms with E-state index in [4.69, 9.17) is 47.4 Å². The summed E-state index contributed by atoms with van der Waals surface area (Å²) in [5.41, 5.74) is 3.83. The summed E-state index contributed by atoms with van der Waals surface area (Å²) in [6.07, 6.45) is 1.70. The molecule has 288 valence electrons. The minimum atomic E-state index is -0.670. The summed E-state index contributed by atoms with van der Waals surface area (Å²) in [6.45, 7) is 4.94. The van der Waals surface area contributed by atoms with Gasteiger partial charge in [-0.2, -0.15) is 0 Å². The van der Waals surface area contributed by atoms with Gasteiger partial charge in [0.15, 0.2) is 11.5 Å². The molecule has 4 aliphatic heterocycles. The van der Waals surface area contributed by atoms with Crippen molar-refractivity contribution in [1.29, 1.82) is 0 Å². The number of aromatic amines is 1. The average molecular weight is 739 g/mol. The lowest BCUT2D eigenvalue weighted by molar-refractivity contribution is -0.176. The van der Waals surface area contributed by atoms with Crippen molar-refractivity contribution in [2.45, 2.75) is 49.7 Å². The number of nitrogens with zero attached hydrogens (tertiary/aromatic N) is 1. The first-order valence-electron chi connectivity index (χ1n) is 18.2. The molecule has 5 heterocycles. The van der Waals surface area contributed by atoms with Gasteiger partial charge in [-0.3, -0.25) is 9.69 Å². The Morgan fingerprint density at radius 1 is 0.887 bits per heavy atom. The van der Waals surface area contributed by atoms with E-state index < -0.39 is 24.1 Å². The SMILES string of the molecule is C(OCC1CO1)C1CO1.COC(=O)[C@H]1[C@H]2C[C@@H]3c4[nH]c5cc(OC)ccc5c4CCN3C[C@H]2C[C@@H](OC(=O)c2cc(OC)c(OC)c(OC)c2)[C@@H]1OC. The topological polar surface area (TPSA) is 152 Å². The Morgan fingerprint density at radius 2 is 1.58 bits per heavy atom. The predicted molar refractivity (Wildman–Crippen MR) is 191 cm³/mol. The smallest absolute Gasteiger partial charge is 0.338 e. The largest absolute Gasteiger partial charge is 0.497 e. The number of aromatic nitrogens is 1. The molecule has 8 rings (SSSR count). The number of rotatable bonds is 12. The van der Waals surface area contributed by atoms with Crippen LogP contribution in [0.3, 0.4) is 0 Å². The first kappa shape index (κ1) is 37.2. The highest BCUT2D eigenvalue weighted by molar-refractivity contribution is 5.91. The molecule has 0 spiro atoms. The average Bonchev–Trinajstić information content (AvgIpc) is 4.14. The maximum Gasteiger partial charge on any atom is 0.338 e. The fraction of sp³-hybridized carbons (Fsp3) is 0.590. The minimum Gasteiger partial charge on any atom is -0.497 e. The van der Waals surface area contributed by atoms with Crippen molar-refractivity contribution in [3.8, 4) is 23.0 Å². The molecule has 0 amide bonds. The van der Waals surface area contributed by atoms with Gasteiger partial charge in [0.1, 0.15) is 30.2 Å². The van der Waals surface area contributed by atoms with Crippen LogP contribution in [-0.2, 0) is 39.6 Å². The lowest BCUT2D eigenvalue weighted by Crippen LogP contribution is -2.58. The quantitative estimate of drug-likeness (QED) is 0.211. The highest BCUT2D eigenvalue weighted by Crippen LogP contribution is 2.51. The van der Waals surface area contributed by atoms with Gasteiger partial charge in [0.2, 0.25) is 5.75 Å². The molecule has 5 aliphatic rings. The molecule has 1 saturated carbocycles. The van der Waals surface area contributed by atoms with Crippen molar-refractivity contribution < 1.29 is 57.0 Å². The van der Waals surface area contributed by atoms with Gasteiger partial charge in [0.05, 0.1) is 79.5 Å². The summed E-state index contributed by atoms with van der Waals surface area (Å²) in [5, 5.41) is 1.21. The van der Waals surface area contributed by atoms with E-state index in [2.05, 4.69) is 16.0 Å². The molecular formula is C39H50N2O12. The summed E-state index contributed by atoms with van der Waals surface area (Å²) in [7, 11) is 9.10. The number of fused-ring (bicyclic) bond motifs is 6. The zero-order chi connectivity index (χ0) is 37.2. The number of hydrogen-bond acceptors (Lipinski definition) is 13. The van der Waals surface area contributed by atoms with Crippen molar-refractivity contribution in [2.75, 3.05) is 82.2 Å². The molecule has 2 unspecified atom stereocenters. The molecule has 14 nitrogen and oxygen atoms in total. The number of ether oxygens (including phenoxy) is 10. The van der Waals surface area contributed by atoms with Crippen LogP contribution in [-0.4, -0.2) is 128 Å². The Kier molecular flexibility index (Phi) is 11.3. The highest BCUT2D eigenvalue weighted by atomic mass is 16.6. The van der Waals surface area contributed by atoms with Crippen molar-refractivity contribution in [1.82, 2.24) is 9.88 Å². The van der Waals surface area contributed by atoms with Crippen LogP contribution in [0.2, 0.25) is 0 Å². The van der Waals surface area contributed by atoms with Crippen LogP contribution in [0.1, 0.15) is 40.5 Å². The molecule has 3 aromatic rings. The van der Waals surface area contributed by atoms with Crippen LogP contribution < -0.4 is 18.9 Å². The van der Waals surface area contributed by atoms with E-state index in [9.17, 15) is 9.59 Å². The first-order chi connectivity index (χ1) is 25.8. The van der Waals surface area contributed by atoms with E-state index in [0.29, 0.717) is 35.9 Å². The third kappa shape index (κ3) is 7.79. The molecule has 8 atom stereocenters. The molecule has 4 fully saturated rings. The van der Waals surface area contributed by atoms with Gasteiger partial charge in [-0.15, -0.1) is 0 Å². The third-order valence-electron chi connectivity index (χ3n) is 11.2. The zero-order valence-electron chi connectivity index (χ0n) is 31.2. The second kappa shape index (κ2) is 16.1. The molecule has 0 bridgehead atoms. The van der Waals surface area contributed by atoms with E-state index in [1.165, 1.54) is 45.1 Å². The number of benzene rings is 2. The molecule has 3 saturated heterocycles. The van der Waals surface area contributed by atoms with Gasteiger partial charge in [-0.25, -0.2) is 4.79 Å². The van der Waals surface area contributed by atoms with Crippen LogP contribution in [0.5, 0.6) is 23.0 Å². The summed E-state index contributed by atoms with van der Waals surface area (Å²) < 4.78 is 54.2. The summed E-state index contributed by atoms with van der Waals surface area (Å²) in [6, 6.07) is 9.40. The second-order valence-corrected chi connectivity index (χ2v) is 14.1. The molecule has 1 aromatic heterocycles. The number of hydrogen-bond donors (Lipinski definition) is 1. The summed E-state index contributed by atoms with van der Waals surface area (Å²) in [5.74, 6) is 0.441. The van der Waals surface area contributed by atoms with Crippen LogP contribution in [0.25, 0.3) is 10.9 Å². The molecule has 53 heavy (non-hydrogen) atoms. The van der Waals surface area contributed by atoms with E-state index in [1.807, 2.05) is 12.1 Å². The highest BCUT2D eigenvalue weighted by Gasteiger charge is 2.54. The fourth-order valence-corrected chi connectivity index (χ4v) is 8.42. The van der Waals surface area contributed by atoms with Crippen LogP contribution in [0, 0.1) is 17.8 Å². The predicted octanol–water partition coefficient (Wildman–Crippen LogP) is 3.97. The molecule has 1 aliphatic carbocycles. The van der Waals surface area contributed by atoms with Gasteiger partial charge in [-0.05, 0) is 60.9 Å². The monoisotopic (exact) mass is 738 g/mol. The van der Waals surface area contributed by atoms with E-state index >= 15 is 0 Å². The summed E-state index contributed by atoms with van der Waals surface area (Å²) >= 11 is 0. The van der Waals surface area contributed by atoms with Crippen molar-refractivity contribution in [3.63, 3.8) is 0 Å². The van der Waals surface area contributed by atoms with Crippen LogP contribution >= 0.6 is 0 Å². The van der Waals surface area contributed by atoms with Crippen molar-refractivity contribution >= 4 is 22.8 Å². The number of H-pyrrole nitrogens is 1.